The number of benzene rings is 1. The Morgan fingerprint density at radius 1 is 1.38 bits per heavy atom. The minimum atomic E-state index is -0.359. The number of hydrogen-bond donors (Lipinski definition) is 2. The first-order valence-corrected chi connectivity index (χ1v) is 5.19. The number of carbonyl (C=O) groups is 1. The summed E-state index contributed by atoms with van der Waals surface area (Å²) in [6.07, 6.45) is 3.14. The van der Waals surface area contributed by atoms with Gasteiger partial charge in [0, 0.05) is 12.4 Å². The number of nitrogens with zero attached hydrogens (tertiary/aromatic N) is 1. The second-order valence-corrected chi connectivity index (χ2v) is 3.78. The van der Waals surface area contributed by atoms with Crippen LogP contribution < -0.4 is 5.32 Å². The third-order valence-corrected chi connectivity index (χ3v) is 2.75. The van der Waals surface area contributed by atoms with Crippen molar-refractivity contribution >= 4 is 35.1 Å². The molecule has 2 aromatic rings. The molecular formula is C10H7Cl2N3O. The Bertz CT molecular complexity index is 511. The van der Waals surface area contributed by atoms with Gasteiger partial charge in [-0.3, -0.25) is 10.1 Å². The first-order chi connectivity index (χ1) is 7.68. The van der Waals surface area contributed by atoms with Crippen molar-refractivity contribution in [1.29, 1.82) is 0 Å². The number of nitrogens with one attached hydrogen (secondary N) is 2. The molecule has 0 fully saturated rings. The lowest BCUT2D eigenvalue weighted by molar-refractivity contribution is 0.102. The highest BCUT2D eigenvalue weighted by molar-refractivity contribution is 6.44. The molecule has 82 valence electrons. The van der Waals surface area contributed by atoms with E-state index in [9.17, 15) is 4.79 Å². The van der Waals surface area contributed by atoms with Crippen LogP contribution in [-0.4, -0.2) is 15.9 Å². The standard InChI is InChI=1S/C10H7Cl2N3O/c11-7-3-1-2-6(8(7)12)9(16)15-10-13-4-5-14-10/h1-5H,(H2,13,14,15,16). The fourth-order valence-electron chi connectivity index (χ4n) is 1.19. The number of amides is 1. The molecule has 0 aliphatic heterocycles. The molecule has 2 rings (SSSR count). The molecule has 0 unspecified atom stereocenters. The van der Waals surface area contributed by atoms with E-state index in [4.69, 9.17) is 23.2 Å². The Hall–Kier alpha value is -1.52. The van der Waals surface area contributed by atoms with Crippen molar-refractivity contribution in [2.45, 2.75) is 0 Å². The normalized spacial score (nSPS) is 10.1. The highest BCUT2D eigenvalue weighted by Crippen LogP contribution is 2.25. The number of anilines is 1. The summed E-state index contributed by atoms with van der Waals surface area (Å²) in [7, 11) is 0. The molecule has 6 heteroatoms. The van der Waals surface area contributed by atoms with Gasteiger partial charge in [0.15, 0.2) is 0 Å². The zero-order valence-corrected chi connectivity index (χ0v) is 9.51. The number of rotatable bonds is 2. The summed E-state index contributed by atoms with van der Waals surface area (Å²) < 4.78 is 0. The average Bonchev–Trinajstić information content (AvgIpc) is 2.74. The van der Waals surface area contributed by atoms with E-state index in [1.807, 2.05) is 0 Å². The molecule has 0 spiro atoms. The summed E-state index contributed by atoms with van der Waals surface area (Å²) in [4.78, 5) is 18.4. The van der Waals surface area contributed by atoms with Crippen molar-refractivity contribution in [1.82, 2.24) is 9.97 Å². The fourth-order valence-corrected chi connectivity index (χ4v) is 1.57. The molecule has 4 nitrogen and oxygen atoms in total. The maximum absolute atomic E-state index is 11.8. The predicted molar refractivity (Wildman–Crippen MR) is 63.0 cm³/mol. The molecule has 1 amide bonds. The van der Waals surface area contributed by atoms with Gasteiger partial charge in [-0.2, -0.15) is 0 Å². The molecule has 0 atom stereocenters. The molecule has 0 bridgehead atoms. The molecule has 0 saturated carbocycles. The number of carbonyl (C=O) groups excluding carboxylic acids is 1. The van der Waals surface area contributed by atoms with Crippen LogP contribution in [0.25, 0.3) is 0 Å². The van der Waals surface area contributed by atoms with E-state index in [2.05, 4.69) is 15.3 Å². The van der Waals surface area contributed by atoms with Gasteiger partial charge >= 0.3 is 0 Å². The number of H-pyrrole nitrogens is 1. The molecule has 16 heavy (non-hydrogen) atoms. The van der Waals surface area contributed by atoms with Gasteiger partial charge in [-0.15, -0.1) is 0 Å². The third kappa shape index (κ3) is 2.18. The maximum Gasteiger partial charge on any atom is 0.259 e. The van der Waals surface area contributed by atoms with Crippen LogP contribution in [0.3, 0.4) is 0 Å². The Labute approximate surface area is 102 Å². The summed E-state index contributed by atoms with van der Waals surface area (Å²) in [6.45, 7) is 0. The highest BCUT2D eigenvalue weighted by Gasteiger charge is 2.13. The van der Waals surface area contributed by atoms with Crippen molar-refractivity contribution in [3.05, 3.63) is 46.2 Å². The molecule has 2 N–H and O–H groups in total. The Morgan fingerprint density at radius 2 is 2.19 bits per heavy atom. The highest BCUT2D eigenvalue weighted by atomic mass is 35.5. The average molecular weight is 256 g/mol. The van der Waals surface area contributed by atoms with Crippen molar-refractivity contribution < 1.29 is 4.79 Å². The van der Waals surface area contributed by atoms with E-state index in [-0.39, 0.29) is 10.9 Å². The lowest BCUT2D eigenvalue weighted by Gasteiger charge is -2.04. The van der Waals surface area contributed by atoms with Gasteiger partial charge in [0.25, 0.3) is 5.91 Å². The lowest BCUT2D eigenvalue weighted by atomic mass is 10.2. The SMILES string of the molecule is O=C(Nc1ncc[nH]1)c1cccc(Cl)c1Cl. The second-order valence-electron chi connectivity index (χ2n) is 2.99. The maximum atomic E-state index is 11.8. The summed E-state index contributed by atoms with van der Waals surface area (Å²) in [5, 5.41) is 3.13. The smallest absolute Gasteiger partial charge is 0.259 e. The van der Waals surface area contributed by atoms with E-state index in [0.717, 1.165) is 0 Å². The molecule has 0 aliphatic rings. The molecule has 1 aromatic carbocycles. The predicted octanol–water partition coefficient (Wildman–Crippen LogP) is 2.97. The molecule has 1 aromatic heterocycles. The van der Waals surface area contributed by atoms with Gasteiger partial charge in [0.2, 0.25) is 5.95 Å². The van der Waals surface area contributed by atoms with E-state index >= 15 is 0 Å². The molecular weight excluding hydrogens is 249 g/mol. The van der Waals surface area contributed by atoms with Crippen LogP contribution >= 0.6 is 23.2 Å². The second kappa shape index (κ2) is 4.55. The number of aromatic amines is 1. The number of aromatic nitrogens is 2. The van der Waals surface area contributed by atoms with E-state index in [1.54, 1.807) is 24.4 Å². The molecule has 0 radical (unpaired) electrons. The van der Waals surface area contributed by atoms with Gasteiger partial charge in [-0.05, 0) is 12.1 Å². The van der Waals surface area contributed by atoms with Crippen molar-refractivity contribution in [2.75, 3.05) is 5.32 Å². The summed E-state index contributed by atoms with van der Waals surface area (Å²) in [5.41, 5.74) is 0.311. The van der Waals surface area contributed by atoms with E-state index < -0.39 is 0 Å². The molecule has 0 aliphatic carbocycles. The van der Waals surface area contributed by atoms with Crippen LogP contribution in [0.5, 0.6) is 0 Å². The summed E-state index contributed by atoms with van der Waals surface area (Å²) in [5.74, 6) is 0.00323. The van der Waals surface area contributed by atoms with Gasteiger partial charge < -0.3 is 4.98 Å². The van der Waals surface area contributed by atoms with Crippen LogP contribution in [0, 0.1) is 0 Å². The van der Waals surface area contributed by atoms with Crippen LogP contribution in [-0.2, 0) is 0 Å². The summed E-state index contributed by atoms with van der Waals surface area (Å²) >= 11 is 11.7. The minimum Gasteiger partial charge on any atom is -0.331 e. The zero-order chi connectivity index (χ0) is 11.5. The van der Waals surface area contributed by atoms with Crippen LogP contribution in [0.4, 0.5) is 5.95 Å². The number of imidazole rings is 1. The Balaban J connectivity index is 2.24. The van der Waals surface area contributed by atoms with Crippen LogP contribution in [0.2, 0.25) is 10.0 Å². The molecule has 1 heterocycles. The Kier molecular flexibility index (Phi) is 3.12. The Morgan fingerprint density at radius 3 is 2.88 bits per heavy atom. The van der Waals surface area contributed by atoms with Crippen LogP contribution in [0.15, 0.2) is 30.6 Å². The minimum absolute atomic E-state index is 0.230. The van der Waals surface area contributed by atoms with Gasteiger partial charge in [-0.1, -0.05) is 29.3 Å². The monoisotopic (exact) mass is 255 g/mol. The number of hydrogen-bond acceptors (Lipinski definition) is 2. The topological polar surface area (TPSA) is 57.8 Å². The van der Waals surface area contributed by atoms with Gasteiger partial charge in [-0.25, -0.2) is 4.98 Å². The molecule has 0 saturated heterocycles. The van der Waals surface area contributed by atoms with Crippen molar-refractivity contribution in [3.8, 4) is 0 Å². The number of halogens is 2. The summed E-state index contributed by atoms with van der Waals surface area (Å²) in [6, 6.07) is 4.87. The first-order valence-electron chi connectivity index (χ1n) is 4.43. The van der Waals surface area contributed by atoms with E-state index in [1.165, 1.54) is 6.20 Å². The van der Waals surface area contributed by atoms with E-state index in [0.29, 0.717) is 16.5 Å². The third-order valence-electron chi connectivity index (χ3n) is 1.93. The first kappa shape index (κ1) is 11.0. The quantitative estimate of drug-likeness (QED) is 0.867. The fraction of sp³-hybridized carbons (Fsp3) is 0. The van der Waals surface area contributed by atoms with Gasteiger partial charge in [0.1, 0.15) is 0 Å². The zero-order valence-electron chi connectivity index (χ0n) is 8.00. The lowest BCUT2D eigenvalue weighted by Crippen LogP contribution is -2.13. The van der Waals surface area contributed by atoms with Crippen molar-refractivity contribution in [3.63, 3.8) is 0 Å². The van der Waals surface area contributed by atoms with Crippen LogP contribution in [0.1, 0.15) is 10.4 Å². The largest absolute Gasteiger partial charge is 0.331 e. The van der Waals surface area contributed by atoms with Crippen molar-refractivity contribution in [2.24, 2.45) is 0 Å². The van der Waals surface area contributed by atoms with Gasteiger partial charge in [0.05, 0.1) is 15.6 Å².